The average molecular weight is 237 g/mol. The van der Waals surface area contributed by atoms with Crippen LogP contribution in [0.4, 0.5) is 5.69 Å². The highest BCUT2D eigenvalue weighted by molar-refractivity contribution is 7.99. The van der Waals surface area contributed by atoms with E-state index in [2.05, 4.69) is 6.07 Å². The zero-order valence-electron chi connectivity index (χ0n) is 9.70. The minimum absolute atomic E-state index is 0.431. The van der Waals surface area contributed by atoms with Crippen LogP contribution in [-0.2, 0) is 0 Å². The van der Waals surface area contributed by atoms with E-state index in [4.69, 9.17) is 5.73 Å². The predicted molar refractivity (Wildman–Crippen MR) is 69.7 cm³/mol. The maximum absolute atomic E-state index is 10.2. The lowest BCUT2D eigenvalue weighted by Crippen LogP contribution is -2.26. The molecule has 0 bridgehead atoms. The van der Waals surface area contributed by atoms with Gasteiger partial charge in [0.1, 0.15) is 0 Å². The molecule has 2 nitrogen and oxygen atoms in total. The number of anilines is 1. The summed E-state index contributed by atoms with van der Waals surface area (Å²) in [6, 6.07) is 6.07. The van der Waals surface area contributed by atoms with Crippen LogP contribution in [0.25, 0.3) is 0 Å². The van der Waals surface area contributed by atoms with E-state index >= 15 is 0 Å². The standard InChI is InChI=1S/C13H19NOS/c1-10-8-11(4-5-12(10)14)16-9-13(15)6-2-3-7-13/h4-5,8,15H,2-3,6-7,9,14H2,1H3. The highest BCUT2D eigenvalue weighted by Gasteiger charge is 2.30. The van der Waals surface area contributed by atoms with Crippen molar-refractivity contribution >= 4 is 17.4 Å². The molecule has 3 heteroatoms. The van der Waals surface area contributed by atoms with Crippen LogP contribution in [0, 0.1) is 6.92 Å². The minimum Gasteiger partial charge on any atom is -0.399 e. The van der Waals surface area contributed by atoms with Crippen molar-refractivity contribution in [3.05, 3.63) is 23.8 Å². The SMILES string of the molecule is Cc1cc(SCC2(O)CCCC2)ccc1N. The number of benzene rings is 1. The summed E-state index contributed by atoms with van der Waals surface area (Å²) in [7, 11) is 0. The molecule has 1 aromatic carbocycles. The van der Waals surface area contributed by atoms with Gasteiger partial charge in [0.05, 0.1) is 5.60 Å². The number of rotatable bonds is 3. The largest absolute Gasteiger partial charge is 0.399 e. The molecule has 0 amide bonds. The van der Waals surface area contributed by atoms with Crippen molar-refractivity contribution < 1.29 is 5.11 Å². The Morgan fingerprint density at radius 1 is 1.38 bits per heavy atom. The second kappa shape index (κ2) is 4.68. The zero-order valence-corrected chi connectivity index (χ0v) is 10.5. The van der Waals surface area contributed by atoms with Crippen molar-refractivity contribution in [3.8, 4) is 0 Å². The first kappa shape index (κ1) is 11.8. The summed E-state index contributed by atoms with van der Waals surface area (Å²) in [4.78, 5) is 1.20. The number of nitrogen functional groups attached to an aromatic ring is 1. The summed E-state index contributed by atoms with van der Waals surface area (Å²) < 4.78 is 0. The van der Waals surface area contributed by atoms with Crippen LogP contribution in [-0.4, -0.2) is 16.5 Å². The van der Waals surface area contributed by atoms with Crippen molar-refractivity contribution in [2.24, 2.45) is 0 Å². The van der Waals surface area contributed by atoms with Crippen LogP contribution in [0.5, 0.6) is 0 Å². The van der Waals surface area contributed by atoms with Crippen molar-refractivity contribution in [1.29, 1.82) is 0 Å². The van der Waals surface area contributed by atoms with Crippen LogP contribution < -0.4 is 5.73 Å². The minimum atomic E-state index is -0.431. The van der Waals surface area contributed by atoms with Gasteiger partial charge >= 0.3 is 0 Å². The lowest BCUT2D eigenvalue weighted by molar-refractivity contribution is 0.0732. The summed E-state index contributed by atoms with van der Waals surface area (Å²) in [6.07, 6.45) is 4.23. The molecule has 0 radical (unpaired) electrons. The molecule has 1 saturated carbocycles. The number of aliphatic hydroxyl groups is 1. The number of nitrogens with two attached hydrogens (primary N) is 1. The van der Waals surface area contributed by atoms with Gasteiger partial charge in [-0.25, -0.2) is 0 Å². The van der Waals surface area contributed by atoms with Crippen LogP contribution in [0.15, 0.2) is 23.1 Å². The first-order valence-corrected chi connectivity index (χ1v) is 6.79. The van der Waals surface area contributed by atoms with Gasteiger partial charge in [-0.05, 0) is 43.5 Å². The number of aryl methyl sites for hydroxylation is 1. The molecule has 16 heavy (non-hydrogen) atoms. The summed E-state index contributed by atoms with van der Waals surface area (Å²) >= 11 is 1.73. The Balaban J connectivity index is 1.96. The molecule has 0 spiro atoms. The fourth-order valence-corrected chi connectivity index (χ4v) is 3.28. The lowest BCUT2D eigenvalue weighted by atomic mass is 10.1. The van der Waals surface area contributed by atoms with Crippen molar-refractivity contribution in [3.63, 3.8) is 0 Å². The molecule has 0 atom stereocenters. The maximum atomic E-state index is 10.2. The van der Waals surface area contributed by atoms with Gasteiger partial charge in [-0.1, -0.05) is 12.8 Å². The second-order valence-corrected chi connectivity index (χ2v) is 5.79. The van der Waals surface area contributed by atoms with E-state index in [-0.39, 0.29) is 0 Å². The van der Waals surface area contributed by atoms with E-state index in [1.807, 2.05) is 19.1 Å². The van der Waals surface area contributed by atoms with E-state index in [1.54, 1.807) is 11.8 Å². The monoisotopic (exact) mass is 237 g/mol. The Kier molecular flexibility index (Phi) is 3.45. The summed E-state index contributed by atoms with van der Waals surface area (Å²) in [5.41, 5.74) is 7.30. The fourth-order valence-electron chi connectivity index (χ4n) is 2.13. The van der Waals surface area contributed by atoms with Gasteiger partial charge in [-0.2, -0.15) is 0 Å². The van der Waals surface area contributed by atoms with Gasteiger partial charge in [0.2, 0.25) is 0 Å². The molecular formula is C13H19NOS. The van der Waals surface area contributed by atoms with E-state index in [9.17, 15) is 5.11 Å². The Bertz CT molecular complexity index is 372. The van der Waals surface area contributed by atoms with Crippen molar-refractivity contribution in [2.45, 2.75) is 43.1 Å². The molecule has 0 unspecified atom stereocenters. The smallest absolute Gasteiger partial charge is 0.0741 e. The molecule has 2 rings (SSSR count). The first-order valence-electron chi connectivity index (χ1n) is 5.80. The van der Waals surface area contributed by atoms with Gasteiger partial charge in [0.15, 0.2) is 0 Å². The molecule has 0 heterocycles. The van der Waals surface area contributed by atoms with E-state index in [0.717, 1.165) is 42.7 Å². The van der Waals surface area contributed by atoms with Crippen molar-refractivity contribution in [2.75, 3.05) is 11.5 Å². The van der Waals surface area contributed by atoms with Crippen LogP contribution in [0.2, 0.25) is 0 Å². The maximum Gasteiger partial charge on any atom is 0.0741 e. The molecule has 88 valence electrons. The van der Waals surface area contributed by atoms with Crippen LogP contribution >= 0.6 is 11.8 Å². The first-order chi connectivity index (χ1) is 7.59. The normalized spacial score (nSPS) is 18.9. The highest BCUT2D eigenvalue weighted by Crippen LogP contribution is 2.35. The van der Waals surface area contributed by atoms with Crippen LogP contribution in [0.1, 0.15) is 31.2 Å². The van der Waals surface area contributed by atoms with Crippen LogP contribution in [0.3, 0.4) is 0 Å². The average Bonchev–Trinajstić information content (AvgIpc) is 2.68. The topological polar surface area (TPSA) is 46.2 Å². The van der Waals surface area contributed by atoms with E-state index in [1.165, 1.54) is 4.90 Å². The third kappa shape index (κ3) is 2.71. The quantitative estimate of drug-likeness (QED) is 0.627. The Hall–Kier alpha value is -0.670. The number of hydrogen-bond donors (Lipinski definition) is 2. The summed E-state index contributed by atoms with van der Waals surface area (Å²) in [6.45, 7) is 2.02. The predicted octanol–water partition coefficient (Wildman–Crippen LogP) is 2.97. The van der Waals surface area contributed by atoms with Gasteiger partial charge in [-0.3, -0.25) is 0 Å². The summed E-state index contributed by atoms with van der Waals surface area (Å²) in [5, 5.41) is 10.2. The Morgan fingerprint density at radius 3 is 2.69 bits per heavy atom. The molecule has 0 saturated heterocycles. The highest BCUT2D eigenvalue weighted by atomic mass is 32.2. The molecular weight excluding hydrogens is 218 g/mol. The molecule has 0 aliphatic heterocycles. The number of hydrogen-bond acceptors (Lipinski definition) is 3. The van der Waals surface area contributed by atoms with Gasteiger partial charge in [-0.15, -0.1) is 11.8 Å². The Morgan fingerprint density at radius 2 is 2.06 bits per heavy atom. The Labute approximate surface area is 101 Å². The zero-order chi connectivity index (χ0) is 11.6. The molecule has 3 N–H and O–H groups in total. The second-order valence-electron chi connectivity index (χ2n) is 4.74. The van der Waals surface area contributed by atoms with Gasteiger partial charge in [0, 0.05) is 16.3 Å². The third-order valence-corrected chi connectivity index (χ3v) is 4.55. The van der Waals surface area contributed by atoms with Gasteiger partial charge < -0.3 is 10.8 Å². The van der Waals surface area contributed by atoms with E-state index in [0.29, 0.717) is 0 Å². The lowest BCUT2D eigenvalue weighted by Gasteiger charge is -2.21. The fraction of sp³-hybridized carbons (Fsp3) is 0.538. The van der Waals surface area contributed by atoms with Gasteiger partial charge in [0.25, 0.3) is 0 Å². The number of thioether (sulfide) groups is 1. The van der Waals surface area contributed by atoms with Crippen molar-refractivity contribution in [1.82, 2.24) is 0 Å². The molecule has 1 aliphatic rings. The third-order valence-electron chi connectivity index (χ3n) is 3.28. The summed E-state index contributed by atoms with van der Waals surface area (Å²) in [5.74, 6) is 0.802. The molecule has 1 fully saturated rings. The molecule has 1 aromatic rings. The molecule has 1 aliphatic carbocycles. The molecule has 0 aromatic heterocycles. The van der Waals surface area contributed by atoms with E-state index < -0.39 is 5.60 Å².